The first-order valence-electron chi connectivity index (χ1n) is 13.6. The number of carbonyl (C=O) groups is 3. The van der Waals surface area contributed by atoms with Gasteiger partial charge in [-0.25, -0.2) is 14.2 Å². The molecule has 3 aromatic rings. The van der Waals surface area contributed by atoms with Crippen LogP contribution in [0.15, 0.2) is 67.1 Å². The summed E-state index contributed by atoms with van der Waals surface area (Å²) in [7, 11) is 0. The molecule has 0 saturated heterocycles. The number of ketones is 1. The number of hydrogen-bond acceptors (Lipinski definition) is 5. The van der Waals surface area contributed by atoms with Crippen LogP contribution in [-0.4, -0.2) is 33.4 Å². The Bertz CT molecular complexity index is 1270. The molecule has 1 aromatic heterocycles. The van der Waals surface area contributed by atoms with E-state index in [1.54, 1.807) is 25.4 Å². The summed E-state index contributed by atoms with van der Waals surface area (Å²) in [5, 5.41) is 2.67. The summed E-state index contributed by atoms with van der Waals surface area (Å²) in [4.78, 5) is 41.4. The standard InChI is InChI=1S/C31H39FN4O4/c1-21(22-10-6-5-7-11-22)35-29(38)28(37)27(40-30(33)39)13-9-8-12-24(31(2,3)4)18-36-19-26(34-20-36)23-14-16-25(32)17-15-23/h5-7,10-11,14-17,19-21,24,27H,8-9,12-13,18H2,1-4H3,(H2,33,39)(H,35,38)/t21-,24-,27+/m1/s1. The molecule has 0 aliphatic carbocycles. The molecule has 214 valence electrons. The third kappa shape index (κ3) is 9.03. The van der Waals surface area contributed by atoms with Gasteiger partial charge in [0.1, 0.15) is 5.82 Å². The lowest BCUT2D eigenvalue weighted by molar-refractivity contribution is -0.143. The summed E-state index contributed by atoms with van der Waals surface area (Å²) in [5.74, 6) is -1.64. The number of primary amides is 1. The van der Waals surface area contributed by atoms with Crippen molar-refractivity contribution in [3.63, 3.8) is 0 Å². The maximum atomic E-state index is 13.3. The summed E-state index contributed by atoms with van der Waals surface area (Å²) in [5.41, 5.74) is 7.67. The minimum atomic E-state index is -1.24. The molecule has 2 amide bonds. The van der Waals surface area contributed by atoms with Gasteiger partial charge in [0.2, 0.25) is 0 Å². The lowest BCUT2D eigenvalue weighted by Gasteiger charge is -2.31. The number of nitrogens with one attached hydrogen (secondary N) is 1. The fourth-order valence-corrected chi connectivity index (χ4v) is 4.63. The van der Waals surface area contributed by atoms with Gasteiger partial charge < -0.3 is 20.4 Å². The normalized spacial score (nSPS) is 13.7. The Morgan fingerprint density at radius 2 is 1.68 bits per heavy atom. The highest BCUT2D eigenvalue weighted by molar-refractivity contribution is 6.38. The van der Waals surface area contributed by atoms with Crippen LogP contribution in [0.25, 0.3) is 11.3 Å². The van der Waals surface area contributed by atoms with E-state index in [1.165, 1.54) is 12.1 Å². The van der Waals surface area contributed by atoms with Gasteiger partial charge in [-0.1, -0.05) is 57.5 Å². The first-order chi connectivity index (χ1) is 18.9. The number of aromatic nitrogens is 2. The van der Waals surface area contributed by atoms with Crippen LogP contribution in [0.3, 0.4) is 0 Å². The molecule has 0 fully saturated rings. The number of benzene rings is 2. The van der Waals surface area contributed by atoms with Gasteiger partial charge in [-0.05, 0) is 67.3 Å². The van der Waals surface area contributed by atoms with E-state index in [0.29, 0.717) is 6.42 Å². The van der Waals surface area contributed by atoms with Gasteiger partial charge in [0.05, 0.1) is 18.1 Å². The molecule has 0 spiro atoms. The first-order valence-corrected chi connectivity index (χ1v) is 13.6. The van der Waals surface area contributed by atoms with Gasteiger partial charge in [-0.15, -0.1) is 0 Å². The van der Waals surface area contributed by atoms with Crippen molar-refractivity contribution in [1.29, 1.82) is 0 Å². The molecular weight excluding hydrogens is 511 g/mol. The number of imidazole rings is 1. The quantitative estimate of drug-likeness (QED) is 0.205. The molecule has 1 heterocycles. The van der Waals surface area contributed by atoms with Crippen molar-refractivity contribution in [3.8, 4) is 11.3 Å². The Balaban J connectivity index is 1.56. The second-order valence-electron chi connectivity index (χ2n) is 11.2. The highest BCUT2D eigenvalue weighted by Gasteiger charge is 2.30. The van der Waals surface area contributed by atoms with Gasteiger partial charge >= 0.3 is 6.09 Å². The Morgan fingerprint density at radius 3 is 2.30 bits per heavy atom. The Hall–Kier alpha value is -4.01. The topological polar surface area (TPSA) is 116 Å². The van der Waals surface area contributed by atoms with Crippen LogP contribution >= 0.6 is 0 Å². The van der Waals surface area contributed by atoms with Crippen molar-refractivity contribution in [1.82, 2.24) is 14.9 Å². The molecule has 8 nitrogen and oxygen atoms in total. The van der Waals surface area contributed by atoms with E-state index in [2.05, 4.69) is 31.1 Å². The van der Waals surface area contributed by atoms with E-state index in [1.807, 2.05) is 41.1 Å². The number of halogens is 1. The lowest BCUT2D eigenvalue weighted by Crippen LogP contribution is -2.42. The number of unbranched alkanes of at least 4 members (excludes halogenated alkanes) is 1. The SMILES string of the molecule is C[C@@H](NC(=O)C(=O)[C@H](CCCC[C@H](Cn1cnc(-c2ccc(F)cc2)c1)C(C)(C)C)OC(N)=O)c1ccccc1. The predicted molar refractivity (Wildman–Crippen MR) is 151 cm³/mol. The number of nitrogens with zero attached hydrogens (tertiary/aromatic N) is 2. The molecule has 0 aliphatic heterocycles. The first kappa shape index (κ1) is 30.5. The number of ether oxygens (including phenoxy) is 1. The molecule has 3 atom stereocenters. The summed E-state index contributed by atoms with van der Waals surface area (Å²) < 4.78 is 20.3. The van der Waals surface area contributed by atoms with Crippen LogP contribution < -0.4 is 11.1 Å². The summed E-state index contributed by atoms with van der Waals surface area (Å²) in [6.45, 7) is 9.04. The number of carbonyl (C=O) groups excluding carboxylic acids is 3. The maximum absolute atomic E-state index is 13.3. The van der Waals surface area contributed by atoms with Gasteiger partial charge in [-0.2, -0.15) is 0 Å². The van der Waals surface area contributed by atoms with Crippen LogP contribution in [0.5, 0.6) is 0 Å². The van der Waals surface area contributed by atoms with Crippen LogP contribution in [-0.2, 0) is 20.9 Å². The molecule has 3 rings (SSSR count). The van der Waals surface area contributed by atoms with E-state index in [9.17, 15) is 18.8 Å². The largest absolute Gasteiger partial charge is 0.438 e. The number of Topliss-reactive ketones (excluding diaryl/α,β-unsaturated/α-hetero) is 1. The van der Waals surface area contributed by atoms with E-state index >= 15 is 0 Å². The van der Waals surface area contributed by atoms with Crippen LogP contribution in [0.4, 0.5) is 9.18 Å². The highest BCUT2D eigenvalue weighted by Crippen LogP contribution is 2.32. The molecule has 40 heavy (non-hydrogen) atoms. The summed E-state index contributed by atoms with van der Waals surface area (Å²) in [6.07, 6.45) is 3.79. The minimum absolute atomic E-state index is 0.00723. The fraction of sp³-hybridized carbons (Fsp3) is 0.419. The van der Waals surface area contributed by atoms with Crippen molar-refractivity contribution < 1.29 is 23.5 Å². The van der Waals surface area contributed by atoms with E-state index < -0.39 is 23.9 Å². The zero-order chi connectivity index (χ0) is 29.3. The summed E-state index contributed by atoms with van der Waals surface area (Å²) >= 11 is 0. The zero-order valence-corrected chi connectivity index (χ0v) is 23.6. The highest BCUT2D eigenvalue weighted by atomic mass is 19.1. The van der Waals surface area contributed by atoms with Crippen LogP contribution in [0.2, 0.25) is 0 Å². The van der Waals surface area contributed by atoms with Gasteiger partial charge in [0, 0.05) is 18.3 Å². The monoisotopic (exact) mass is 550 g/mol. The molecule has 2 aromatic carbocycles. The molecule has 3 N–H and O–H groups in total. The lowest BCUT2D eigenvalue weighted by atomic mass is 9.77. The second kappa shape index (κ2) is 13.9. The average molecular weight is 551 g/mol. The van der Waals surface area contributed by atoms with Crippen LogP contribution in [0, 0.1) is 17.2 Å². The predicted octanol–water partition coefficient (Wildman–Crippen LogP) is 5.82. The zero-order valence-electron chi connectivity index (χ0n) is 23.6. The Morgan fingerprint density at radius 1 is 1.02 bits per heavy atom. The molecule has 0 unspecified atom stereocenters. The molecule has 0 radical (unpaired) electrons. The smallest absolute Gasteiger partial charge is 0.405 e. The van der Waals surface area contributed by atoms with Crippen molar-refractivity contribution in [2.24, 2.45) is 17.1 Å². The van der Waals surface area contributed by atoms with Crippen molar-refractivity contribution >= 4 is 17.8 Å². The van der Waals surface area contributed by atoms with Crippen LogP contribution in [0.1, 0.15) is 65.0 Å². The minimum Gasteiger partial charge on any atom is -0.438 e. The molecule has 9 heteroatoms. The summed E-state index contributed by atoms with van der Waals surface area (Å²) in [6, 6.07) is 15.1. The fourth-order valence-electron chi connectivity index (χ4n) is 4.63. The number of rotatable bonds is 13. The third-order valence-electron chi connectivity index (χ3n) is 7.12. The molecular formula is C31H39FN4O4. The molecule has 0 saturated carbocycles. The average Bonchev–Trinajstić information content (AvgIpc) is 3.38. The van der Waals surface area contributed by atoms with Gasteiger partial charge in [0.25, 0.3) is 11.7 Å². The Labute approximate surface area is 235 Å². The van der Waals surface area contributed by atoms with Gasteiger partial charge in [-0.3, -0.25) is 9.59 Å². The third-order valence-corrected chi connectivity index (χ3v) is 7.12. The van der Waals surface area contributed by atoms with Crippen molar-refractivity contribution in [2.45, 2.75) is 72.1 Å². The molecule has 0 bridgehead atoms. The number of hydrogen-bond donors (Lipinski definition) is 2. The van der Waals surface area contributed by atoms with Crippen molar-refractivity contribution in [2.75, 3.05) is 0 Å². The van der Waals surface area contributed by atoms with E-state index in [0.717, 1.165) is 36.2 Å². The Kier molecular flexibility index (Phi) is 10.6. The number of nitrogens with two attached hydrogens (primary N) is 1. The van der Waals surface area contributed by atoms with E-state index in [4.69, 9.17) is 10.5 Å². The molecule has 0 aliphatic rings. The maximum Gasteiger partial charge on any atom is 0.405 e. The van der Waals surface area contributed by atoms with E-state index in [-0.39, 0.29) is 29.6 Å². The second-order valence-corrected chi connectivity index (χ2v) is 11.2. The number of amides is 2. The van der Waals surface area contributed by atoms with Crippen molar-refractivity contribution in [3.05, 3.63) is 78.5 Å². The van der Waals surface area contributed by atoms with Gasteiger partial charge in [0.15, 0.2) is 6.10 Å².